The number of rotatable bonds is 3. The van der Waals surface area contributed by atoms with Crippen LogP contribution < -0.4 is 16.8 Å². The van der Waals surface area contributed by atoms with Gasteiger partial charge in [0.2, 0.25) is 0 Å². The van der Waals surface area contributed by atoms with E-state index in [9.17, 15) is 4.79 Å². The van der Waals surface area contributed by atoms with E-state index in [0.29, 0.717) is 11.5 Å². The molecule has 5 N–H and O–H groups in total. The number of amides is 1. The summed E-state index contributed by atoms with van der Waals surface area (Å²) in [5, 5.41) is 3.02. The van der Waals surface area contributed by atoms with Gasteiger partial charge in [-0.3, -0.25) is 4.79 Å². The predicted octanol–water partition coefficient (Wildman–Crippen LogP) is 2.27. The van der Waals surface area contributed by atoms with Gasteiger partial charge >= 0.3 is 0 Å². The van der Waals surface area contributed by atoms with Gasteiger partial charge in [-0.05, 0) is 24.3 Å². The second kappa shape index (κ2) is 5.05. The summed E-state index contributed by atoms with van der Waals surface area (Å²) in [6, 6.07) is 8.98. The smallest absolute Gasteiger partial charge is 0.252 e. The van der Waals surface area contributed by atoms with Crippen LogP contribution in [0.2, 0.25) is 0 Å². The van der Waals surface area contributed by atoms with Crippen LogP contribution >= 0.6 is 15.9 Å². The molecule has 0 aliphatic carbocycles. The molecule has 2 rings (SSSR count). The molecule has 5 nitrogen and oxygen atoms in total. The molecule has 1 amide bonds. The molecule has 18 heavy (non-hydrogen) atoms. The summed E-state index contributed by atoms with van der Waals surface area (Å²) in [6.45, 7) is 0. The molecule has 1 heterocycles. The molecule has 6 heteroatoms. The summed E-state index contributed by atoms with van der Waals surface area (Å²) in [5.41, 5.74) is 12.3. The van der Waals surface area contributed by atoms with Gasteiger partial charge < -0.3 is 16.8 Å². The summed E-state index contributed by atoms with van der Waals surface area (Å²) >= 11 is 3.36. The minimum atomic E-state index is -0.577. The Hall–Kier alpha value is -2.08. The SMILES string of the molecule is NC(=O)c1cc(N)cnc1Nc1cccc(Br)c1. The van der Waals surface area contributed by atoms with Gasteiger partial charge in [-0.2, -0.15) is 0 Å². The molecule has 2 aromatic rings. The van der Waals surface area contributed by atoms with Crippen molar-refractivity contribution in [3.05, 3.63) is 46.6 Å². The third-order valence-corrected chi connectivity index (χ3v) is 2.75. The Bertz CT molecular complexity index is 600. The van der Waals surface area contributed by atoms with E-state index in [1.165, 1.54) is 12.3 Å². The van der Waals surface area contributed by atoms with Gasteiger partial charge in [0.15, 0.2) is 0 Å². The van der Waals surface area contributed by atoms with E-state index in [0.717, 1.165) is 10.2 Å². The first-order chi connectivity index (χ1) is 8.56. The second-order valence-corrected chi connectivity index (χ2v) is 4.58. The van der Waals surface area contributed by atoms with Crippen LogP contribution in [0.3, 0.4) is 0 Å². The van der Waals surface area contributed by atoms with E-state index >= 15 is 0 Å². The molecule has 0 fully saturated rings. The van der Waals surface area contributed by atoms with Gasteiger partial charge in [-0.25, -0.2) is 4.98 Å². The summed E-state index contributed by atoms with van der Waals surface area (Å²) in [4.78, 5) is 15.4. The van der Waals surface area contributed by atoms with Gasteiger partial charge in [-0.15, -0.1) is 0 Å². The van der Waals surface area contributed by atoms with E-state index in [-0.39, 0.29) is 5.56 Å². The van der Waals surface area contributed by atoms with Crippen molar-refractivity contribution in [3.8, 4) is 0 Å². The van der Waals surface area contributed by atoms with Crippen molar-refractivity contribution in [1.82, 2.24) is 4.98 Å². The zero-order valence-corrected chi connectivity index (χ0v) is 10.9. The Morgan fingerprint density at radius 2 is 2.11 bits per heavy atom. The van der Waals surface area contributed by atoms with Crippen LogP contribution in [0.4, 0.5) is 17.2 Å². The lowest BCUT2D eigenvalue weighted by Gasteiger charge is -2.09. The number of aromatic nitrogens is 1. The number of pyridine rings is 1. The average Bonchev–Trinajstić information content (AvgIpc) is 2.31. The van der Waals surface area contributed by atoms with Crippen molar-refractivity contribution >= 4 is 39.0 Å². The molecule has 0 bridgehead atoms. The maximum atomic E-state index is 11.3. The lowest BCUT2D eigenvalue weighted by molar-refractivity contribution is 0.100. The fraction of sp³-hybridized carbons (Fsp3) is 0. The van der Waals surface area contributed by atoms with Crippen LogP contribution in [0.15, 0.2) is 41.0 Å². The largest absolute Gasteiger partial charge is 0.397 e. The molecule has 0 atom stereocenters. The molecule has 0 spiro atoms. The number of hydrogen-bond acceptors (Lipinski definition) is 4. The number of halogens is 1. The number of benzene rings is 1. The van der Waals surface area contributed by atoms with Gasteiger partial charge in [0, 0.05) is 10.2 Å². The van der Waals surface area contributed by atoms with E-state index in [1.54, 1.807) is 0 Å². The molecule has 92 valence electrons. The molecule has 1 aromatic carbocycles. The Morgan fingerprint density at radius 1 is 1.33 bits per heavy atom. The zero-order valence-electron chi connectivity index (χ0n) is 9.35. The first-order valence-corrected chi connectivity index (χ1v) is 5.93. The van der Waals surface area contributed by atoms with Gasteiger partial charge in [-0.1, -0.05) is 22.0 Å². The highest BCUT2D eigenvalue weighted by Gasteiger charge is 2.10. The number of hydrogen-bond donors (Lipinski definition) is 3. The number of carbonyl (C=O) groups is 1. The van der Waals surface area contributed by atoms with Gasteiger partial charge in [0.1, 0.15) is 5.82 Å². The molecule has 1 aromatic heterocycles. The summed E-state index contributed by atoms with van der Waals surface area (Å²) in [7, 11) is 0. The van der Waals surface area contributed by atoms with E-state index < -0.39 is 5.91 Å². The van der Waals surface area contributed by atoms with E-state index in [2.05, 4.69) is 26.2 Å². The fourth-order valence-electron chi connectivity index (χ4n) is 1.47. The van der Waals surface area contributed by atoms with Crippen LogP contribution in [-0.4, -0.2) is 10.9 Å². The third kappa shape index (κ3) is 2.78. The first-order valence-electron chi connectivity index (χ1n) is 5.14. The molecule has 0 radical (unpaired) electrons. The van der Waals surface area contributed by atoms with Crippen LogP contribution in [0, 0.1) is 0 Å². The highest BCUT2D eigenvalue weighted by molar-refractivity contribution is 9.10. The topological polar surface area (TPSA) is 94.0 Å². The number of anilines is 3. The Balaban J connectivity index is 2.37. The number of nitrogens with zero attached hydrogens (tertiary/aromatic N) is 1. The van der Waals surface area contributed by atoms with E-state index in [1.807, 2.05) is 24.3 Å². The predicted molar refractivity (Wildman–Crippen MR) is 74.6 cm³/mol. The molecule has 0 aliphatic heterocycles. The standard InChI is InChI=1S/C12H11BrN4O/c13-7-2-1-3-9(4-7)17-12-10(11(15)18)5-8(14)6-16-12/h1-6H,14H2,(H2,15,18)(H,16,17). The van der Waals surface area contributed by atoms with Crippen LogP contribution in [-0.2, 0) is 0 Å². The number of carbonyl (C=O) groups excluding carboxylic acids is 1. The van der Waals surface area contributed by atoms with Crippen molar-refractivity contribution in [2.75, 3.05) is 11.1 Å². The lowest BCUT2D eigenvalue weighted by atomic mass is 10.2. The second-order valence-electron chi connectivity index (χ2n) is 3.66. The Labute approximate surface area is 112 Å². The fourth-order valence-corrected chi connectivity index (χ4v) is 1.87. The number of nitrogens with two attached hydrogens (primary N) is 2. The lowest BCUT2D eigenvalue weighted by Crippen LogP contribution is -2.14. The Morgan fingerprint density at radius 3 is 2.78 bits per heavy atom. The zero-order chi connectivity index (χ0) is 13.1. The molecule has 0 saturated carbocycles. The minimum absolute atomic E-state index is 0.259. The van der Waals surface area contributed by atoms with Crippen molar-refractivity contribution in [2.45, 2.75) is 0 Å². The first kappa shape index (κ1) is 12.4. The molecule has 0 aliphatic rings. The monoisotopic (exact) mass is 306 g/mol. The van der Waals surface area contributed by atoms with Crippen LogP contribution in [0.5, 0.6) is 0 Å². The number of nitrogens with one attached hydrogen (secondary N) is 1. The summed E-state index contributed by atoms with van der Waals surface area (Å²) < 4.78 is 0.920. The molecular weight excluding hydrogens is 296 g/mol. The van der Waals surface area contributed by atoms with Gasteiger partial charge in [0.25, 0.3) is 5.91 Å². The quantitative estimate of drug-likeness (QED) is 0.810. The van der Waals surface area contributed by atoms with E-state index in [4.69, 9.17) is 11.5 Å². The molecular formula is C12H11BrN4O. The summed E-state index contributed by atoms with van der Waals surface area (Å²) in [5.74, 6) is -0.193. The maximum Gasteiger partial charge on any atom is 0.252 e. The number of primary amides is 1. The van der Waals surface area contributed by atoms with Crippen molar-refractivity contribution < 1.29 is 4.79 Å². The highest BCUT2D eigenvalue weighted by atomic mass is 79.9. The minimum Gasteiger partial charge on any atom is -0.397 e. The number of nitrogen functional groups attached to an aromatic ring is 1. The van der Waals surface area contributed by atoms with Gasteiger partial charge in [0.05, 0.1) is 17.4 Å². The van der Waals surface area contributed by atoms with Crippen molar-refractivity contribution in [3.63, 3.8) is 0 Å². The highest BCUT2D eigenvalue weighted by Crippen LogP contribution is 2.22. The normalized spacial score (nSPS) is 10.1. The van der Waals surface area contributed by atoms with Crippen LogP contribution in [0.1, 0.15) is 10.4 Å². The van der Waals surface area contributed by atoms with Crippen molar-refractivity contribution in [2.24, 2.45) is 5.73 Å². The van der Waals surface area contributed by atoms with Crippen LogP contribution in [0.25, 0.3) is 0 Å². The summed E-state index contributed by atoms with van der Waals surface area (Å²) in [6.07, 6.45) is 1.47. The third-order valence-electron chi connectivity index (χ3n) is 2.26. The molecule has 0 saturated heterocycles. The maximum absolute atomic E-state index is 11.3. The Kier molecular flexibility index (Phi) is 3.47. The average molecular weight is 307 g/mol. The van der Waals surface area contributed by atoms with Crippen molar-refractivity contribution in [1.29, 1.82) is 0 Å². The molecule has 0 unspecified atom stereocenters.